The van der Waals surface area contributed by atoms with E-state index in [1.54, 1.807) is 0 Å². The first-order valence-electron chi connectivity index (χ1n) is 8.38. The van der Waals surface area contributed by atoms with E-state index in [1.807, 2.05) is 0 Å². The van der Waals surface area contributed by atoms with E-state index in [-0.39, 0.29) is 10.8 Å². The van der Waals surface area contributed by atoms with E-state index >= 15 is 0 Å². The Morgan fingerprint density at radius 3 is 1.26 bits per heavy atom. The van der Waals surface area contributed by atoms with E-state index in [2.05, 4.69) is 91.8 Å². The lowest BCUT2D eigenvalue weighted by molar-refractivity contribution is 0.467. The first-order valence-corrected chi connectivity index (χ1v) is 8.38. The Bertz CT molecular complexity index is 635. The fraction of sp³-hybridized carbons (Fsp3) is 0.455. The lowest BCUT2D eigenvalue weighted by Crippen LogP contribution is -2.12. The zero-order valence-electron chi connectivity index (χ0n) is 15.9. The summed E-state index contributed by atoms with van der Waals surface area (Å²) in [5.41, 5.74) is 5.16. The van der Waals surface area contributed by atoms with Gasteiger partial charge in [0.1, 0.15) is 11.5 Å². The van der Waals surface area contributed by atoms with Crippen LogP contribution >= 0.6 is 0 Å². The summed E-state index contributed by atoms with van der Waals surface area (Å²) >= 11 is 0. The van der Waals surface area contributed by atoms with Crippen LogP contribution in [0.4, 0.5) is 0 Å². The molecule has 0 aromatic heterocycles. The molecule has 0 fully saturated rings. The molecule has 2 rings (SSSR count). The van der Waals surface area contributed by atoms with Gasteiger partial charge in [0.15, 0.2) is 0 Å². The van der Waals surface area contributed by atoms with Crippen molar-refractivity contribution in [2.24, 2.45) is 0 Å². The van der Waals surface area contributed by atoms with Crippen LogP contribution in [0.3, 0.4) is 0 Å². The van der Waals surface area contributed by atoms with Crippen molar-refractivity contribution in [1.29, 1.82) is 0 Å². The fourth-order valence-electron chi connectivity index (χ4n) is 2.47. The number of aryl methyl sites for hydroxylation is 2. The van der Waals surface area contributed by atoms with Crippen molar-refractivity contribution in [2.75, 3.05) is 0 Å². The predicted octanol–water partition coefficient (Wildman–Crippen LogP) is 6.69. The zero-order chi connectivity index (χ0) is 17.4. The molecule has 0 bridgehead atoms. The average Bonchev–Trinajstić information content (AvgIpc) is 2.41. The number of benzene rings is 2. The molecule has 0 saturated carbocycles. The summed E-state index contributed by atoms with van der Waals surface area (Å²) in [5, 5.41) is 0. The van der Waals surface area contributed by atoms with Crippen molar-refractivity contribution in [3.05, 3.63) is 58.7 Å². The van der Waals surface area contributed by atoms with Crippen molar-refractivity contribution >= 4 is 0 Å². The van der Waals surface area contributed by atoms with E-state index in [4.69, 9.17) is 4.74 Å². The summed E-state index contributed by atoms with van der Waals surface area (Å²) in [6.45, 7) is 17.6. The van der Waals surface area contributed by atoms with E-state index < -0.39 is 0 Å². The molecule has 2 aromatic rings. The van der Waals surface area contributed by atoms with Gasteiger partial charge >= 0.3 is 0 Å². The van der Waals surface area contributed by atoms with Gasteiger partial charge < -0.3 is 4.74 Å². The predicted molar refractivity (Wildman–Crippen MR) is 99.8 cm³/mol. The summed E-state index contributed by atoms with van der Waals surface area (Å²) in [6, 6.07) is 13.1. The molecule has 0 aliphatic heterocycles. The molecule has 124 valence electrons. The normalized spacial score (nSPS) is 12.3. The van der Waals surface area contributed by atoms with Crippen molar-refractivity contribution in [1.82, 2.24) is 0 Å². The minimum atomic E-state index is 0.119. The third kappa shape index (κ3) is 4.16. The molecule has 0 atom stereocenters. The molecule has 1 heteroatoms. The Hall–Kier alpha value is -1.76. The maximum absolute atomic E-state index is 6.31. The second-order valence-corrected chi connectivity index (χ2v) is 8.56. The van der Waals surface area contributed by atoms with Crippen LogP contribution in [0.25, 0.3) is 0 Å². The van der Waals surface area contributed by atoms with Crippen LogP contribution in [-0.4, -0.2) is 0 Å². The number of hydrogen-bond acceptors (Lipinski definition) is 1. The minimum Gasteiger partial charge on any atom is -0.457 e. The molecule has 0 saturated heterocycles. The number of hydrogen-bond donors (Lipinski definition) is 0. The molecular formula is C22H30O. The van der Waals surface area contributed by atoms with Crippen LogP contribution in [0, 0.1) is 13.8 Å². The van der Waals surface area contributed by atoms with Crippen molar-refractivity contribution in [3.63, 3.8) is 0 Å². The van der Waals surface area contributed by atoms with Gasteiger partial charge in [-0.1, -0.05) is 65.8 Å². The molecule has 1 nitrogen and oxygen atoms in total. The molecule has 0 radical (unpaired) electrons. The molecule has 2 aromatic carbocycles. The van der Waals surface area contributed by atoms with Crippen LogP contribution in [0.2, 0.25) is 0 Å². The van der Waals surface area contributed by atoms with Gasteiger partial charge in [-0.3, -0.25) is 0 Å². The standard InChI is InChI=1S/C22H30O/c1-15-9-11-17(21(3,4)5)13-19(15)23-20-14-18(22(6,7)8)12-10-16(20)2/h9-14H,1-8H3. The lowest BCUT2D eigenvalue weighted by Gasteiger charge is -2.23. The first kappa shape index (κ1) is 17.6. The summed E-state index contributed by atoms with van der Waals surface area (Å²) in [7, 11) is 0. The highest BCUT2D eigenvalue weighted by atomic mass is 16.5. The SMILES string of the molecule is Cc1ccc(C(C)(C)C)cc1Oc1cc(C(C)(C)C)ccc1C. The molecule has 0 amide bonds. The van der Waals surface area contributed by atoms with E-state index in [1.165, 1.54) is 22.3 Å². The van der Waals surface area contributed by atoms with Gasteiger partial charge in [0.25, 0.3) is 0 Å². The van der Waals surface area contributed by atoms with Gasteiger partial charge in [0, 0.05) is 0 Å². The van der Waals surface area contributed by atoms with Gasteiger partial charge in [-0.25, -0.2) is 0 Å². The third-order valence-electron chi connectivity index (χ3n) is 4.33. The second kappa shape index (κ2) is 6.03. The highest BCUT2D eigenvalue weighted by Gasteiger charge is 2.18. The quantitative estimate of drug-likeness (QED) is 0.600. The maximum atomic E-state index is 6.31. The smallest absolute Gasteiger partial charge is 0.130 e. The van der Waals surface area contributed by atoms with E-state index in [0.29, 0.717) is 0 Å². The van der Waals surface area contributed by atoms with Crippen LogP contribution in [0.5, 0.6) is 11.5 Å². The maximum Gasteiger partial charge on any atom is 0.130 e. The largest absolute Gasteiger partial charge is 0.457 e. The molecule has 0 aliphatic rings. The summed E-state index contributed by atoms with van der Waals surface area (Å²) in [5.74, 6) is 1.90. The van der Waals surface area contributed by atoms with E-state index in [0.717, 1.165) is 11.5 Å². The Kier molecular flexibility index (Phi) is 4.61. The topological polar surface area (TPSA) is 9.23 Å². The van der Waals surface area contributed by atoms with Crippen LogP contribution in [0.15, 0.2) is 36.4 Å². The van der Waals surface area contributed by atoms with Gasteiger partial charge in [0.05, 0.1) is 0 Å². The fourth-order valence-corrected chi connectivity index (χ4v) is 2.47. The molecule has 0 N–H and O–H groups in total. The van der Waals surface area contributed by atoms with Gasteiger partial charge in [0.2, 0.25) is 0 Å². The Morgan fingerprint density at radius 2 is 0.957 bits per heavy atom. The molecule has 0 aliphatic carbocycles. The minimum absolute atomic E-state index is 0.119. The van der Waals surface area contributed by atoms with E-state index in [9.17, 15) is 0 Å². The molecular weight excluding hydrogens is 280 g/mol. The third-order valence-corrected chi connectivity index (χ3v) is 4.33. The first-order chi connectivity index (χ1) is 10.5. The second-order valence-electron chi connectivity index (χ2n) is 8.56. The molecule has 0 unspecified atom stereocenters. The molecule has 0 heterocycles. The summed E-state index contributed by atoms with van der Waals surface area (Å²) in [6.07, 6.45) is 0. The van der Waals surface area contributed by atoms with Crippen LogP contribution in [-0.2, 0) is 10.8 Å². The Labute approximate surface area is 141 Å². The highest BCUT2D eigenvalue weighted by Crippen LogP contribution is 2.34. The van der Waals surface area contributed by atoms with Crippen LogP contribution in [0.1, 0.15) is 63.8 Å². The number of rotatable bonds is 2. The Balaban J connectivity index is 2.43. The monoisotopic (exact) mass is 310 g/mol. The molecule has 0 spiro atoms. The Morgan fingerprint density at radius 1 is 0.609 bits per heavy atom. The van der Waals surface area contributed by atoms with Crippen LogP contribution < -0.4 is 4.74 Å². The highest BCUT2D eigenvalue weighted by molar-refractivity contribution is 5.46. The average molecular weight is 310 g/mol. The molecule has 23 heavy (non-hydrogen) atoms. The van der Waals surface area contributed by atoms with Crippen molar-refractivity contribution in [3.8, 4) is 11.5 Å². The van der Waals surface area contributed by atoms with Gasteiger partial charge in [-0.15, -0.1) is 0 Å². The number of ether oxygens (including phenoxy) is 1. The van der Waals surface area contributed by atoms with Gasteiger partial charge in [-0.2, -0.15) is 0 Å². The van der Waals surface area contributed by atoms with Crippen molar-refractivity contribution < 1.29 is 4.74 Å². The zero-order valence-corrected chi connectivity index (χ0v) is 15.9. The van der Waals surface area contributed by atoms with Gasteiger partial charge in [-0.05, 0) is 59.1 Å². The summed E-state index contributed by atoms with van der Waals surface area (Å²) < 4.78 is 6.31. The summed E-state index contributed by atoms with van der Waals surface area (Å²) in [4.78, 5) is 0. The van der Waals surface area contributed by atoms with Crippen molar-refractivity contribution in [2.45, 2.75) is 66.2 Å². The lowest BCUT2D eigenvalue weighted by atomic mass is 9.86.